The monoisotopic (exact) mass is 270 g/mol. The molecule has 0 radical (unpaired) electrons. The Hall–Kier alpha value is -1.62. The molecular weight excluding hydrogens is 248 g/mol. The van der Waals surface area contributed by atoms with Crippen molar-refractivity contribution in [3.05, 3.63) is 25.3 Å². The molecule has 0 aromatic rings. The zero-order chi connectivity index (χ0) is 14.7. The maximum absolute atomic E-state index is 11.0. The summed E-state index contributed by atoms with van der Waals surface area (Å²) in [6.07, 6.45) is 3.69. The average molecular weight is 270 g/mol. The smallest absolute Gasteiger partial charge is 0.303 e. The van der Waals surface area contributed by atoms with E-state index in [9.17, 15) is 9.59 Å². The molecule has 0 fully saturated rings. The maximum Gasteiger partial charge on any atom is 0.303 e. The van der Waals surface area contributed by atoms with Crippen molar-refractivity contribution in [2.24, 2.45) is 0 Å². The number of allylic oxidation sites excluding steroid dienone is 1. The molecule has 0 spiro atoms. The van der Waals surface area contributed by atoms with Gasteiger partial charge in [0, 0.05) is 20.5 Å². The molecule has 0 aromatic heterocycles. The molecule has 19 heavy (non-hydrogen) atoms. The number of unbranched alkanes of at least 4 members (excludes halogenated alkanes) is 1. The molecule has 5 nitrogen and oxygen atoms in total. The Morgan fingerprint density at radius 1 is 1.21 bits per heavy atom. The van der Waals surface area contributed by atoms with Crippen LogP contribution in [0, 0.1) is 0 Å². The maximum atomic E-state index is 11.0. The summed E-state index contributed by atoms with van der Waals surface area (Å²) in [4.78, 5) is 21.8. The van der Waals surface area contributed by atoms with Crippen molar-refractivity contribution >= 4 is 11.9 Å². The van der Waals surface area contributed by atoms with E-state index in [0.29, 0.717) is 6.61 Å². The molecule has 0 aliphatic rings. The molecule has 0 unspecified atom stereocenters. The first-order valence-electron chi connectivity index (χ1n) is 6.16. The van der Waals surface area contributed by atoms with Crippen LogP contribution < -0.4 is 0 Å². The first-order valence-corrected chi connectivity index (χ1v) is 6.16. The number of carbonyl (C=O) groups excluding carboxylic acids is 2. The predicted octanol–water partition coefficient (Wildman–Crippen LogP) is 2.02. The Morgan fingerprint density at radius 2 is 1.89 bits per heavy atom. The summed E-state index contributed by atoms with van der Waals surface area (Å²) < 4.78 is 15.5. The Morgan fingerprint density at radius 3 is 2.37 bits per heavy atom. The van der Waals surface area contributed by atoms with Gasteiger partial charge in [-0.2, -0.15) is 0 Å². The Balaban J connectivity index is 4.42. The molecule has 0 amide bonds. The van der Waals surface area contributed by atoms with Crippen molar-refractivity contribution in [2.75, 3.05) is 13.2 Å². The van der Waals surface area contributed by atoms with E-state index in [1.807, 2.05) is 0 Å². The van der Waals surface area contributed by atoms with E-state index in [1.165, 1.54) is 19.9 Å². The fourth-order valence-electron chi connectivity index (χ4n) is 1.37. The Kier molecular flexibility index (Phi) is 9.44. The van der Waals surface area contributed by atoms with Gasteiger partial charge >= 0.3 is 11.9 Å². The van der Waals surface area contributed by atoms with Crippen LogP contribution in [0.5, 0.6) is 0 Å². The quantitative estimate of drug-likeness (QED) is 0.345. The van der Waals surface area contributed by atoms with Crippen molar-refractivity contribution in [3.8, 4) is 0 Å². The van der Waals surface area contributed by atoms with Gasteiger partial charge in [-0.15, -0.1) is 6.58 Å². The van der Waals surface area contributed by atoms with Crippen LogP contribution >= 0.6 is 0 Å². The van der Waals surface area contributed by atoms with Gasteiger partial charge in [-0.1, -0.05) is 12.7 Å². The van der Waals surface area contributed by atoms with Crippen LogP contribution in [-0.2, 0) is 23.8 Å². The molecule has 108 valence electrons. The predicted molar refractivity (Wildman–Crippen MR) is 71.6 cm³/mol. The van der Waals surface area contributed by atoms with Crippen LogP contribution in [0.2, 0.25) is 0 Å². The van der Waals surface area contributed by atoms with Crippen LogP contribution in [0.15, 0.2) is 25.3 Å². The highest BCUT2D eigenvalue weighted by Gasteiger charge is 2.23. The van der Waals surface area contributed by atoms with E-state index in [1.54, 1.807) is 6.08 Å². The average Bonchev–Trinajstić information content (AvgIpc) is 2.35. The highest BCUT2D eigenvalue weighted by Crippen LogP contribution is 2.09. The Bertz CT molecular complexity index is 311. The lowest BCUT2D eigenvalue weighted by atomic mass is 10.2. The fraction of sp³-hybridized carbons (Fsp3) is 0.571. The zero-order valence-electron chi connectivity index (χ0n) is 11.6. The lowest BCUT2D eigenvalue weighted by Crippen LogP contribution is -2.36. The van der Waals surface area contributed by atoms with Crippen LogP contribution in [-0.4, -0.2) is 37.4 Å². The van der Waals surface area contributed by atoms with Crippen LogP contribution in [0.25, 0.3) is 0 Å². The van der Waals surface area contributed by atoms with Gasteiger partial charge < -0.3 is 14.2 Å². The summed E-state index contributed by atoms with van der Waals surface area (Å²) in [7, 11) is 0. The Labute approximate surface area is 114 Å². The second kappa shape index (κ2) is 10.3. The van der Waals surface area contributed by atoms with E-state index in [0.717, 1.165) is 12.8 Å². The van der Waals surface area contributed by atoms with Gasteiger partial charge in [0.05, 0.1) is 0 Å². The summed E-state index contributed by atoms with van der Waals surface area (Å²) in [5.41, 5.74) is 0. The van der Waals surface area contributed by atoms with Crippen molar-refractivity contribution in [3.63, 3.8) is 0 Å². The first-order chi connectivity index (χ1) is 9.01. The topological polar surface area (TPSA) is 61.8 Å². The third kappa shape index (κ3) is 9.02. The third-order valence-corrected chi connectivity index (χ3v) is 2.24. The molecule has 0 saturated heterocycles. The van der Waals surface area contributed by atoms with Crippen molar-refractivity contribution in [2.45, 2.75) is 38.9 Å². The van der Waals surface area contributed by atoms with Gasteiger partial charge in [0.1, 0.15) is 18.8 Å². The van der Waals surface area contributed by atoms with Gasteiger partial charge in [0.15, 0.2) is 0 Å². The number of esters is 2. The molecule has 0 N–H and O–H groups in total. The lowest BCUT2D eigenvalue weighted by molar-refractivity contribution is -0.158. The van der Waals surface area contributed by atoms with E-state index < -0.39 is 24.1 Å². The summed E-state index contributed by atoms with van der Waals surface area (Å²) >= 11 is 0. The highest BCUT2D eigenvalue weighted by atomic mass is 16.6. The number of hydrogen-bond donors (Lipinski definition) is 0. The molecule has 2 atom stereocenters. The van der Waals surface area contributed by atoms with E-state index >= 15 is 0 Å². The molecule has 0 aliphatic heterocycles. The first kappa shape index (κ1) is 17.4. The highest BCUT2D eigenvalue weighted by molar-refractivity contribution is 5.66. The van der Waals surface area contributed by atoms with Crippen molar-refractivity contribution < 1.29 is 23.8 Å². The molecule has 0 aromatic carbocycles. The number of ether oxygens (including phenoxy) is 3. The van der Waals surface area contributed by atoms with Gasteiger partial charge in [0.25, 0.3) is 0 Å². The number of hydrogen-bond acceptors (Lipinski definition) is 5. The minimum atomic E-state index is -0.638. The van der Waals surface area contributed by atoms with E-state index in [4.69, 9.17) is 14.2 Å². The van der Waals surface area contributed by atoms with Gasteiger partial charge in [0.2, 0.25) is 0 Å². The minimum absolute atomic E-state index is 0.0212. The third-order valence-electron chi connectivity index (χ3n) is 2.24. The zero-order valence-corrected chi connectivity index (χ0v) is 11.6. The van der Waals surface area contributed by atoms with Crippen molar-refractivity contribution in [1.82, 2.24) is 0 Å². The standard InChI is InChI=1S/C14H22O5/c1-5-7-8-9-17-14(10-18-11(3)15)13(6-2)19-12(4)16/h5-6,13-14H,1-2,7-10H2,3-4H3/t13-,14-/m1/s1. The molecular formula is C14H22O5. The van der Waals surface area contributed by atoms with Crippen LogP contribution in [0.1, 0.15) is 26.7 Å². The minimum Gasteiger partial charge on any atom is -0.463 e. The summed E-state index contributed by atoms with van der Waals surface area (Å²) in [5, 5.41) is 0. The van der Waals surface area contributed by atoms with Gasteiger partial charge in [-0.25, -0.2) is 0 Å². The molecule has 0 aliphatic carbocycles. The van der Waals surface area contributed by atoms with Gasteiger partial charge in [-0.05, 0) is 18.9 Å². The lowest BCUT2D eigenvalue weighted by Gasteiger charge is -2.24. The second-order valence-corrected chi connectivity index (χ2v) is 3.95. The molecule has 5 heteroatoms. The molecule has 0 heterocycles. The molecule has 0 saturated carbocycles. The molecule has 0 bridgehead atoms. The van der Waals surface area contributed by atoms with Crippen molar-refractivity contribution in [1.29, 1.82) is 0 Å². The number of carbonyl (C=O) groups is 2. The summed E-state index contributed by atoms with van der Waals surface area (Å²) in [6.45, 7) is 10.3. The summed E-state index contributed by atoms with van der Waals surface area (Å²) in [6, 6.07) is 0. The largest absolute Gasteiger partial charge is 0.463 e. The number of rotatable bonds is 10. The van der Waals surface area contributed by atoms with E-state index in [2.05, 4.69) is 13.2 Å². The second-order valence-electron chi connectivity index (χ2n) is 3.95. The normalized spacial score (nSPS) is 13.2. The van der Waals surface area contributed by atoms with Crippen LogP contribution in [0.4, 0.5) is 0 Å². The summed E-state index contributed by atoms with van der Waals surface area (Å²) in [5.74, 6) is -0.849. The molecule has 0 rings (SSSR count). The SMILES string of the molecule is C=CCCCO[C@H](COC(C)=O)[C@@H](C=C)OC(C)=O. The fourth-order valence-corrected chi connectivity index (χ4v) is 1.37. The van der Waals surface area contributed by atoms with E-state index in [-0.39, 0.29) is 6.61 Å². The van der Waals surface area contributed by atoms with Crippen LogP contribution in [0.3, 0.4) is 0 Å². The van der Waals surface area contributed by atoms with Gasteiger partial charge in [-0.3, -0.25) is 9.59 Å².